The molecule has 1 N–H and O–H groups in total. The first-order valence-corrected chi connectivity index (χ1v) is 5.66. The fourth-order valence-corrected chi connectivity index (χ4v) is 1.69. The molecule has 1 saturated heterocycles. The van der Waals surface area contributed by atoms with Crippen LogP contribution in [0.3, 0.4) is 0 Å². The average molecular weight is 233 g/mol. The number of amides is 2. The summed E-state index contributed by atoms with van der Waals surface area (Å²) in [4.78, 5) is 24.4. The van der Waals surface area contributed by atoms with E-state index in [1.54, 1.807) is 11.8 Å². The zero-order chi connectivity index (χ0) is 11.4. The van der Waals surface area contributed by atoms with E-state index in [0.717, 1.165) is 13.0 Å². The Morgan fingerprint density at radius 3 is 2.73 bits per heavy atom. The third kappa shape index (κ3) is 3.70. The van der Waals surface area contributed by atoms with Crippen molar-refractivity contribution in [3.63, 3.8) is 0 Å². The van der Waals surface area contributed by atoms with Crippen molar-refractivity contribution >= 4 is 23.4 Å². The summed E-state index contributed by atoms with van der Waals surface area (Å²) in [6.07, 6.45) is 1.55. The average Bonchev–Trinajstić information content (AvgIpc) is 2.51. The normalized spacial score (nSPS) is 20.2. The lowest BCUT2D eigenvalue weighted by Gasteiger charge is -2.22. The molecule has 5 heteroatoms. The van der Waals surface area contributed by atoms with Gasteiger partial charge in [-0.1, -0.05) is 0 Å². The third-order valence-corrected chi connectivity index (χ3v) is 2.61. The summed E-state index contributed by atoms with van der Waals surface area (Å²) in [5, 5.41) is 2.24. The van der Waals surface area contributed by atoms with Crippen LogP contribution in [-0.2, 0) is 9.59 Å². The van der Waals surface area contributed by atoms with Crippen LogP contribution in [-0.4, -0.2) is 41.2 Å². The molecule has 0 bridgehead atoms. The molecule has 0 radical (unpaired) electrons. The summed E-state index contributed by atoms with van der Waals surface area (Å²) < 4.78 is 0. The largest absolute Gasteiger partial charge is 0.351 e. The lowest BCUT2D eigenvalue weighted by molar-refractivity contribution is -0.129. The number of halogens is 1. The molecule has 2 amide bonds. The summed E-state index contributed by atoms with van der Waals surface area (Å²) in [6, 6.07) is -0.0410. The molecule has 2 unspecified atom stereocenters. The number of hydrogen-bond donors (Lipinski definition) is 1. The van der Waals surface area contributed by atoms with Crippen molar-refractivity contribution in [3.8, 4) is 0 Å². The highest BCUT2D eigenvalue weighted by molar-refractivity contribution is 6.30. The molecule has 0 saturated carbocycles. The molecule has 0 aromatic rings. The van der Waals surface area contributed by atoms with Crippen molar-refractivity contribution < 1.29 is 9.59 Å². The molecular formula is C10H17ClN2O2. The molecule has 1 heterocycles. The monoisotopic (exact) mass is 232 g/mol. The van der Waals surface area contributed by atoms with E-state index >= 15 is 0 Å². The summed E-state index contributed by atoms with van der Waals surface area (Å²) in [7, 11) is 0. The zero-order valence-electron chi connectivity index (χ0n) is 9.12. The van der Waals surface area contributed by atoms with Crippen molar-refractivity contribution in [3.05, 3.63) is 0 Å². The molecular weight excluding hydrogens is 216 g/mol. The number of alkyl halides is 1. The van der Waals surface area contributed by atoms with E-state index in [4.69, 9.17) is 11.6 Å². The topological polar surface area (TPSA) is 49.4 Å². The van der Waals surface area contributed by atoms with Gasteiger partial charge in [-0.2, -0.15) is 0 Å². The molecule has 15 heavy (non-hydrogen) atoms. The Labute approximate surface area is 95.0 Å². The standard InChI is InChI=1S/C10H17ClN2O2/c1-7(12-10(15)8(2)11)6-13-5-3-4-9(13)14/h7-8H,3-6H2,1-2H3,(H,12,15). The van der Waals surface area contributed by atoms with Crippen LogP contribution in [0.2, 0.25) is 0 Å². The fourth-order valence-electron chi connectivity index (χ4n) is 1.63. The highest BCUT2D eigenvalue weighted by Gasteiger charge is 2.22. The maximum absolute atomic E-state index is 11.3. The Bertz CT molecular complexity index is 256. The molecule has 1 fully saturated rings. The van der Waals surface area contributed by atoms with Gasteiger partial charge in [0.05, 0.1) is 0 Å². The molecule has 0 aromatic carbocycles. The van der Waals surface area contributed by atoms with Gasteiger partial charge in [0.25, 0.3) is 0 Å². The predicted molar refractivity (Wildman–Crippen MR) is 58.7 cm³/mol. The molecule has 1 aliphatic heterocycles. The second-order valence-corrected chi connectivity index (χ2v) is 4.62. The lowest BCUT2D eigenvalue weighted by atomic mass is 10.3. The summed E-state index contributed by atoms with van der Waals surface area (Å²) >= 11 is 5.63. The predicted octanol–water partition coefficient (Wildman–Crippen LogP) is 0.741. The highest BCUT2D eigenvalue weighted by Crippen LogP contribution is 2.09. The third-order valence-electron chi connectivity index (χ3n) is 2.42. The van der Waals surface area contributed by atoms with Crippen LogP contribution >= 0.6 is 11.6 Å². The van der Waals surface area contributed by atoms with Gasteiger partial charge in [0.1, 0.15) is 5.38 Å². The van der Waals surface area contributed by atoms with Crippen LogP contribution in [0.5, 0.6) is 0 Å². The number of nitrogens with one attached hydrogen (secondary N) is 1. The number of nitrogens with zero attached hydrogens (tertiary/aromatic N) is 1. The Morgan fingerprint density at radius 1 is 1.60 bits per heavy atom. The van der Waals surface area contributed by atoms with E-state index in [1.165, 1.54) is 0 Å². The van der Waals surface area contributed by atoms with E-state index in [1.807, 2.05) is 6.92 Å². The van der Waals surface area contributed by atoms with Crippen LogP contribution in [0.1, 0.15) is 26.7 Å². The van der Waals surface area contributed by atoms with Crippen LogP contribution in [0.25, 0.3) is 0 Å². The van der Waals surface area contributed by atoms with E-state index in [2.05, 4.69) is 5.32 Å². The lowest BCUT2D eigenvalue weighted by Crippen LogP contribution is -2.44. The van der Waals surface area contributed by atoms with E-state index in [9.17, 15) is 9.59 Å². The van der Waals surface area contributed by atoms with Crippen molar-refractivity contribution in [2.45, 2.75) is 38.1 Å². The van der Waals surface area contributed by atoms with Crippen LogP contribution in [0, 0.1) is 0 Å². The Morgan fingerprint density at radius 2 is 2.27 bits per heavy atom. The Balaban J connectivity index is 2.32. The number of likely N-dealkylation sites (tertiary alicyclic amines) is 1. The minimum atomic E-state index is -0.526. The number of rotatable bonds is 4. The first kappa shape index (κ1) is 12.3. The zero-order valence-corrected chi connectivity index (χ0v) is 9.88. The van der Waals surface area contributed by atoms with E-state index < -0.39 is 5.38 Å². The van der Waals surface area contributed by atoms with Gasteiger partial charge in [-0.15, -0.1) is 11.6 Å². The maximum atomic E-state index is 11.3. The van der Waals surface area contributed by atoms with Gasteiger partial charge in [-0.25, -0.2) is 0 Å². The molecule has 0 aliphatic carbocycles. The first-order chi connectivity index (χ1) is 7.00. The van der Waals surface area contributed by atoms with Gasteiger partial charge in [-0.3, -0.25) is 9.59 Å². The number of carbonyl (C=O) groups excluding carboxylic acids is 2. The quantitative estimate of drug-likeness (QED) is 0.727. The van der Waals surface area contributed by atoms with Gasteiger partial charge in [-0.05, 0) is 20.3 Å². The Kier molecular flexibility index (Phi) is 4.39. The molecule has 1 rings (SSSR count). The number of hydrogen-bond acceptors (Lipinski definition) is 2. The van der Waals surface area contributed by atoms with Crippen molar-refractivity contribution in [1.82, 2.24) is 10.2 Å². The van der Waals surface area contributed by atoms with Crippen molar-refractivity contribution in [1.29, 1.82) is 0 Å². The molecule has 86 valence electrons. The number of carbonyl (C=O) groups is 2. The van der Waals surface area contributed by atoms with Crippen LogP contribution in [0.4, 0.5) is 0 Å². The molecule has 1 aliphatic rings. The molecule has 4 nitrogen and oxygen atoms in total. The second kappa shape index (κ2) is 5.35. The Hall–Kier alpha value is -0.770. The molecule has 0 spiro atoms. The molecule has 2 atom stereocenters. The van der Waals surface area contributed by atoms with E-state index in [-0.39, 0.29) is 17.9 Å². The smallest absolute Gasteiger partial charge is 0.238 e. The van der Waals surface area contributed by atoms with Gasteiger partial charge in [0, 0.05) is 25.6 Å². The minimum Gasteiger partial charge on any atom is -0.351 e. The summed E-state index contributed by atoms with van der Waals surface area (Å²) in [5.41, 5.74) is 0. The first-order valence-electron chi connectivity index (χ1n) is 5.23. The van der Waals surface area contributed by atoms with Gasteiger partial charge < -0.3 is 10.2 Å². The van der Waals surface area contributed by atoms with Crippen LogP contribution in [0.15, 0.2) is 0 Å². The van der Waals surface area contributed by atoms with Crippen molar-refractivity contribution in [2.75, 3.05) is 13.1 Å². The summed E-state index contributed by atoms with van der Waals surface area (Å²) in [6.45, 7) is 4.89. The molecule has 0 aromatic heterocycles. The minimum absolute atomic E-state index is 0.0410. The maximum Gasteiger partial charge on any atom is 0.238 e. The SMILES string of the molecule is CC(CN1CCCC1=O)NC(=O)C(C)Cl. The van der Waals surface area contributed by atoms with Crippen molar-refractivity contribution in [2.24, 2.45) is 0 Å². The highest BCUT2D eigenvalue weighted by atomic mass is 35.5. The van der Waals surface area contributed by atoms with Gasteiger partial charge in [0.15, 0.2) is 0 Å². The summed E-state index contributed by atoms with van der Waals surface area (Å²) in [5.74, 6) is -0.00849. The van der Waals surface area contributed by atoms with E-state index in [0.29, 0.717) is 13.0 Å². The van der Waals surface area contributed by atoms with Gasteiger partial charge >= 0.3 is 0 Å². The van der Waals surface area contributed by atoms with Gasteiger partial charge in [0.2, 0.25) is 11.8 Å². The fraction of sp³-hybridized carbons (Fsp3) is 0.800. The second-order valence-electron chi connectivity index (χ2n) is 3.97. The van der Waals surface area contributed by atoms with Crippen LogP contribution < -0.4 is 5.32 Å².